The number of carboxylic acid groups (broad SMARTS) is 1. The molecule has 2 rings (SSSR count). The Morgan fingerprint density at radius 1 is 1.53 bits per heavy atom. The Kier molecular flexibility index (Phi) is 4.05. The first-order chi connectivity index (χ1) is 8.20. The first-order valence-electron chi connectivity index (χ1n) is 6.27. The zero-order valence-electron chi connectivity index (χ0n) is 10.2. The summed E-state index contributed by atoms with van der Waals surface area (Å²) < 4.78 is 0. The molecule has 1 aliphatic heterocycles. The van der Waals surface area contributed by atoms with Gasteiger partial charge in [-0.1, -0.05) is 19.8 Å². The van der Waals surface area contributed by atoms with Crippen molar-refractivity contribution in [3.05, 3.63) is 16.3 Å². The first kappa shape index (κ1) is 12.4. The van der Waals surface area contributed by atoms with Crippen LogP contribution in [-0.2, 0) is 0 Å². The van der Waals surface area contributed by atoms with Crippen molar-refractivity contribution >= 4 is 23.0 Å². The number of carboxylic acids is 1. The molecule has 0 aromatic carbocycles. The number of rotatable bonds is 4. The van der Waals surface area contributed by atoms with Crippen molar-refractivity contribution in [1.82, 2.24) is 0 Å². The molecule has 0 radical (unpaired) electrons. The van der Waals surface area contributed by atoms with Crippen molar-refractivity contribution in [2.45, 2.75) is 32.6 Å². The van der Waals surface area contributed by atoms with Crippen LogP contribution >= 0.6 is 11.3 Å². The molecule has 94 valence electrons. The highest BCUT2D eigenvalue weighted by Crippen LogP contribution is 2.29. The fourth-order valence-corrected chi connectivity index (χ4v) is 3.25. The Morgan fingerprint density at radius 3 is 2.76 bits per heavy atom. The minimum atomic E-state index is -0.817. The summed E-state index contributed by atoms with van der Waals surface area (Å²) in [6, 6.07) is 1.80. The molecule has 1 fully saturated rings. The van der Waals surface area contributed by atoms with Crippen molar-refractivity contribution in [2.24, 2.45) is 5.92 Å². The molecular formula is C13H19NO2S. The molecule has 0 bridgehead atoms. The number of hydrogen-bond acceptors (Lipinski definition) is 3. The second kappa shape index (κ2) is 5.54. The summed E-state index contributed by atoms with van der Waals surface area (Å²) in [4.78, 5) is 13.6. The zero-order chi connectivity index (χ0) is 12.3. The summed E-state index contributed by atoms with van der Waals surface area (Å²) >= 11 is 1.32. The molecule has 4 heteroatoms. The van der Waals surface area contributed by atoms with E-state index in [0.29, 0.717) is 4.88 Å². The monoisotopic (exact) mass is 253 g/mol. The standard InChI is InChI=1S/C13H19NO2S/c1-2-3-10-4-6-14(7-5-10)11-8-12(13(15)16)17-9-11/h8-10H,2-7H2,1H3,(H,15,16). The average molecular weight is 253 g/mol. The molecule has 0 aliphatic carbocycles. The van der Waals surface area contributed by atoms with Crippen LogP contribution in [0.15, 0.2) is 11.4 Å². The lowest BCUT2D eigenvalue weighted by molar-refractivity contribution is 0.0702. The van der Waals surface area contributed by atoms with Crippen LogP contribution in [0.2, 0.25) is 0 Å². The molecule has 1 aromatic heterocycles. The third kappa shape index (κ3) is 3.00. The minimum Gasteiger partial charge on any atom is -0.477 e. The maximum absolute atomic E-state index is 10.8. The lowest BCUT2D eigenvalue weighted by atomic mass is 9.92. The van der Waals surface area contributed by atoms with Crippen LogP contribution in [0.5, 0.6) is 0 Å². The van der Waals surface area contributed by atoms with Crippen molar-refractivity contribution < 1.29 is 9.90 Å². The maximum Gasteiger partial charge on any atom is 0.345 e. The van der Waals surface area contributed by atoms with E-state index >= 15 is 0 Å². The number of aromatic carboxylic acids is 1. The van der Waals surface area contributed by atoms with E-state index in [4.69, 9.17) is 5.11 Å². The molecule has 3 nitrogen and oxygen atoms in total. The molecule has 17 heavy (non-hydrogen) atoms. The van der Waals surface area contributed by atoms with Gasteiger partial charge in [0.1, 0.15) is 4.88 Å². The summed E-state index contributed by atoms with van der Waals surface area (Å²) in [5.41, 5.74) is 1.09. The Hall–Kier alpha value is -1.03. The number of nitrogens with zero attached hydrogens (tertiary/aromatic N) is 1. The number of carbonyl (C=O) groups is 1. The van der Waals surface area contributed by atoms with Gasteiger partial charge in [0.25, 0.3) is 0 Å². The highest BCUT2D eigenvalue weighted by Gasteiger charge is 2.20. The summed E-state index contributed by atoms with van der Waals surface area (Å²) in [6.45, 7) is 4.38. The Labute approximate surface area is 106 Å². The van der Waals surface area contributed by atoms with Gasteiger partial charge < -0.3 is 10.0 Å². The van der Waals surface area contributed by atoms with Crippen LogP contribution in [0.1, 0.15) is 42.3 Å². The van der Waals surface area contributed by atoms with Gasteiger partial charge in [-0.15, -0.1) is 11.3 Å². The molecule has 1 aliphatic rings. The van der Waals surface area contributed by atoms with Crippen LogP contribution in [0.25, 0.3) is 0 Å². The van der Waals surface area contributed by atoms with E-state index in [1.165, 1.54) is 37.0 Å². The summed E-state index contributed by atoms with van der Waals surface area (Å²) in [6.07, 6.45) is 5.09. The first-order valence-corrected chi connectivity index (χ1v) is 7.15. The van der Waals surface area contributed by atoms with E-state index in [-0.39, 0.29) is 0 Å². The summed E-state index contributed by atoms with van der Waals surface area (Å²) in [5.74, 6) is 0.0518. The van der Waals surface area contributed by atoms with Crippen LogP contribution < -0.4 is 4.90 Å². The summed E-state index contributed by atoms with van der Waals surface area (Å²) in [5, 5.41) is 10.9. The van der Waals surface area contributed by atoms with Gasteiger partial charge in [-0.25, -0.2) is 4.79 Å². The highest BCUT2D eigenvalue weighted by molar-refractivity contribution is 7.12. The largest absolute Gasteiger partial charge is 0.477 e. The van der Waals surface area contributed by atoms with Crippen LogP contribution in [0, 0.1) is 5.92 Å². The average Bonchev–Trinajstić information content (AvgIpc) is 2.80. The topological polar surface area (TPSA) is 40.5 Å². The molecule has 1 saturated heterocycles. The van der Waals surface area contributed by atoms with Crippen LogP contribution in [0.4, 0.5) is 5.69 Å². The van der Waals surface area contributed by atoms with E-state index < -0.39 is 5.97 Å². The van der Waals surface area contributed by atoms with E-state index in [1.54, 1.807) is 6.07 Å². The Morgan fingerprint density at radius 2 is 2.24 bits per heavy atom. The summed E-state index contributed by atoms with van der Waals surface area (Å²) in [7, 11) is 0. The van der Waals surface area contributed by atoms with Gasteiger partial charge in [0, 0.05) is 24.2 Å². The molecule has 0 amide bonds. The third-order valence-electron chi connectivity index (χ3n) is 3.47. The number of anilines is 1. The molecule has 0 spiro atoms. The van der Waals surface area contributed by atoms with Crippen LogP contribution in [0.3, 0.4) is 0 Å². The molecule has 0 saturated carbocycles. The van der Waals surface area contributed by atoms with Gasteiger partial charge in [-0.3, -0.25) is 0 Å². The Balaban J connectivity index is 1.93. The smallest absolute Gasteiger partial charge is 0.345 e. The predicted octanol–water partition coefficient (Wildman–Crippen LogP) is 3.46. The normalized spacial score (nSPS) is 17.4. The number of hydrogen-bond donors (Lipinski definition) is 1. The molecule has 1 N–H and O–H groups in total. The van der Waals surface area contributed by atoms with Crippen molar-refractivity contribution in [3.63, 3.8) is 0 Å². The molecule has 0 atom stereocenters. The second-order valence-electron chi connectivity index (χ2n) is 4.69. The second-order valence-corrected chi connectivity index (χ2v) is 5.60. The highest BCUT2D eigenvalue weighted by atomic mass is 32.1. The molecule has 1 aromatic rings. The molecule has 0 unspecified atom stereocenters. The zero-order valence-corrected chi connectivity index (χ0v) is 11.0. The lowest BCUT2D eigenvalue weighted by Crippen LogP contribution is -2.33. The van der Waals surface area contributed by atoms with Crippen LogP contribution in [-0.4, -0.2) is 24.2 Å². The fourth-order valence-electron chi connectivity index (χ4n) is 2.49. The lowest BCUT2D eigenvalue weighted by Gasteiger charge is -2.32. The molecule has 2 heterocycles. The van der Waals surface area contributed by atoms with Crippen molar-refractivity contribution in [3.8, 4) is 0 Å². The predicted molar refractivity (Wildman–Crippen MR) is 71.1 cm³/mol. The van der Waals surface area contributed by atoms with Crippen molar-refractivity contribution in [1.29, 1.82) is 0 Å². The Bertz CT molecular complexity index is 381. The maximum atomic E-state index is 10.8. The third-order valence-corrected chi connectivity index (χ3v) is 4.38. The minimum absolute atomic E-state index is 0.440. The van der Waals surface area contributed by atoms with E-state index in [9.17, 15) is 4.79 Å². The van der Waals surface area contributed by atoms with Gasteiger partial charge in [0.15, 0.2) is 0 Å². The van der Waals surface area contributed by atoms with E-state index in [1.807, 2.05) is 5.38 Å². The van der Waals surface area contributed by atoms with Gasteiger partial charge in [-0.05, 0) is 24.8 Å². The van der Waals surface area contributed by atoms with E-state index in [2.05, 4.69) is 11.8 Å². The quantitative estimate of drug-likeness (QED) is 0.893. The molecular weight excluding hydrogens is 234 g/mol. The van der Waals surface area contributed by atoms with Crippen molar-refractivity contribution in [2.75, 3.05) is 18.0 Å². The van der Waals surface area contributed by atoms with Gasteiger partial charge in [0.2, 0.25) is 0 Å². The number of piperidine rings is 1. The van der Waals surface area contributed by atoms with Gasteiger partial charge in [0.05, 0.1) is 0 Å². The van der Waals surface area contributed by atoms with Gasteiger partial charge >= 0.3 is 5.97 Å². The fraction of sp³-hybridized carbons (Fsp3) is 0.615. The SMILES string of the molecule is CCCC1CCN(c2csc(C(=O)O)c2)CC1. The number of thiophene rings is 1. The van der Waals surface area contributed by atoms with Gasteiger partial charge in [-0.2, -0.15) is 0 Å². The van der Waals surface area contributed by atoms with E-state index in [0.717, 1.165) is 24.7 Å².